The van der Waals surface area contributed by atoms with E-state index >= 15 is 0 Å². The van der Waals surface area contributed by atoms with Gasteiger partial charge in [0.2, 0.25) is 0 Å². The van der Waals surface area contributed by atoms with E-state index in [0.717, 1.165) is 12.2 Å². The first-order chi connectivity index (χ1) is 5.33. The molecule has 3 heteroatoms. The summed E-state index contributed by atoms with van der Waals surface area (Å²) in [5.41, 5.74) is 0. The van der Waals surface area contributed by atoms with E-state index in [-0.39, 0.29) is 0 Å². The van der Waals surface area contributed by atoms with Crippen molar-refractivity contribution >= 4 is 11.8 Å². The lowest BCUT2D eigenvalue weighted by atomic mass is 10.1. The van der Waals surface area contributed by atoms with Gasteiger partial charge in [0.1, 0.15) is 5.40 Å². The van der Waals surface area contributed by atoms with E-state index in [1.807, 2.05) is 0 Å². The molecular formula is C8H13NOS. The number of ether oxygens (including phenoxy) is 1. The quantitative estimate of drug-likeness (QED) is 0.597. The molecule has 1 aliphatic heterocycles. The van der Waals surface area contributed by atoms with Gasteiger partial charge in [-0.3, -0.25) is 0 Å². The third-order valence-corrected chi connectivity index (χ3v) is 2.56. The highest BCUT2D eigenvalue weighted by Gasteiger charge is 2.18. The van der Waals surface area contributed by atoms with E-state index in [1.165, 1.54) is 24.6 Å². The summed E-state index contributed by atoms with van der Waals surface area (Å²) in [4.78, 5) is 0. The van der Waals surface area contributed by atoms with Gasteiger partial charge in [0, 0.05) is 5.75 Å². The summed E-state index contributed by atoms with van der Waals surface area (Å²) in [7, 11) is 0. The Morgan fingerprint density at radius 3 is 3.09 bits per heavy atom. The van der Waals surface area contributed by atoms with E-state index in [2.05, 4.69) is 12.3 Å². The van der Waals surface area contributed by atoms with Crippen molar-refractivity contribution in [3.63, 3.8) is 0 Å². The molecule has 1 fully saturated rings. The van der Waals surface area contributed by atoms with Crippen LogP contribution in [0.2, 0.25) is 0 Å². The summed E-state index contributed by atoms with van der Waals surface area (Å²) in [6.07, 6.45) is 4.27. The zero-order chi connectivity index (χ0) is 8.10. The van der Waals surface area contributed by atoms with Crippen molar-refractivity contribution in [1.82, 2.24) is 0 Å². The van der Waals surface area contributed by atoms with Crippen LogP contribution in [0, 0.1) is 10.7 Å². The van der Waals surface area contributed by atoms with Gasteiger partial charge in [-0.15, -0.1) is 0 Å². The maximum atomic E-state index is 8.32. The molecule has 0 bridgehead atoms. The van der Waals surface area contributed by atoms with Crippen LogP contribution >= 0.6 is 11.8 Å². The van der Waals surface area contributed by atoms with Crippen LogP contribution in [0.4, 0.5) is 0 Å². The Balaban J connectivity index is 2.18. The maximum Gasteiger partial charge on any atom is 0.133 e. The number of thiocyanates is 1. The minimum absolute atomic E-state index is 0.323. The molecule has 1 rings (SSSR count). The molecule has 1 heterocycles. The highest BCUT2D eigenvalue weighted by atomic mass is 32.2. The van der Waals surface area contributed by atoms with Crippen LogP contribution in [-0.4, -0.2) is 18.0 Å². The largest absolute Gasteiger partial charge is 0.374 e. The minimum Gasteiger partial charge on any atom is -0.374 e. The Bertz CT molecular complexity index is 155. The lowest BCUT2D eigenvalue weighted by molar-refractivity contribution is -0.0266. The van der Waals surface area contributed by atoms with E-state index in [1.54, 1.807) is 0 Å². The molecule has 0 amide bonds. The third-order valence-electron chi connectivity index (χ3n) is 1.90. The van der Waals surface area contributed by atoms with Crippen LogP contribution in [0.15, 0.2) is 0 Å². The highest BCUT2D eigenvalue weighted by Crippen LogP contribution is 2.20. The number of rotatable bonds is 2. The number of nitriles is 1. The van der Waals surface area contributed by atoms with Crippen LogP contribution < -0.4 is 0 Å². The molecule has 0 aromatic carbocycles. The standard InChI is InChI=1S/C8H13NOS/c1-7-3-2-4-8(10-7)5-11-6-9/h7-8H,2-5H2,1H3/t7-,8+/m1/s1. The number of hydrogen-bond donors (Lipinski definition) is 0. The van der Waals surface area contributed by atoms with Crippen molar-refractivity contribution in [2.75, 3.05) is 5.75 Å². The van der Waals surface area contributed by atoms with Gasteiger partial charge >= 0.3 is 0 Å². The van der Waals surface area contributed by atoms with Gasteiger partial charge in [0.25, 0.3) is 0 Å². The maximum absolute atomic E-state index is 8.32. The van der Waals surface area contributed by atoms with Crippen molar-refractivity contribution in [3.8, 4) is 5.40 Å². The van der Waals surface area contributed by atoms with Gasteiger partial charge in [0.05, 0.1) is 12.2 Å². The molecule has 0 aromatic heterocycles. The lowest BCUT2D eigenvalue weighted by Crippen LogP contribution is -2.26. The molecule has 0 radical (unpaired) electrons. The molecule has 2 atom stereocenters. The number of nitrogens with zero attached hydrogens (tertiary/aromatic N) is 1. The molecule has 0 aromatic rings. The minimum atomic E-state index is 0.323. The molecule has 0 spiro atoms. The van der Waals surface area contributed by atoms with Gasteiger partial charge in [-0.05, 0) is 37.9 Å². The van der Waals surface area contributed by atoms with Crippen LogP contribution in [0.5, 0.6) is 0 Å². The van der Waals surface area contributed by atoms with Gasteiger partial charge < -0.3 is 4.74 Å². The fraction of sp³-hybridized carbons (Fsp3) is 0.875. The lowest BCUT2D eigenvalue weighted by Gasteiger charge is -2.26. The van der Waals surface area contributed by atoms with E-state index in [9.17, 15) is 0 Å². The molecule has 1 aliphatic rings. The van der Waals surface area contributed by atoms with Crippen molar-refractivity contribution in [2.24, 2.45) is 0 Å². The van der Waals surface area contributed by atoms with Crippen LogP contribution in [0.25, 0.3) is 0 Å². The summed E-state index contributed by atoms with van der Waals surface area (Å²) in [5.74, 6) is 0.834. The molecule has 0 unspecified atom stereocenters. The summed E-state index contributed by atoms with van der Waals surface area (Å²) in [5, 5.41) is 10.4. The normalized spacial score (nSPS) is 31.3. The van der Waals surface area contributed by atoms with E-state index < -0.39 is 0 Å². The number of hydrogen-bond acceptors (Lipinski definition) is 3. The first-order valence-electron chi connectivity index (χ1n) is 3.99. The fourth-order valence-electron chi connectivity index (χ4n) is 1.35. The summed E-state index contributed by atoms with van der Waals surface area (Å²) < 4.78 is 5.62. The number of thioether (sulfide) groups is 1. The SMILES string of the molecule is C[C@@H]1CCC[C@@H](CSC#N)O1. The average molecular weight is 171 g/mol. The topological polar surface area (TPSA) is 33.0 Å². The molecule has 0 aliphatic carbocycles. The monoisotopic (exact) mass is 171 g/mol. The second-order valence-electron chi connectivity index (χ2n) is 2.90. The molecular weight excluding hydrogens is 158 g/mol. The Morgan fingerprint density at radius 2 is 2.45 bits per heavy atom. The van der Waals surface area contributed by atoms with E-state index in [0.29, 0.717) is 12.2 Å². The van der Waals surface area contributed by atoms with Crippen LogP contribution in [0.3, 0.4) is 0 Å². The predicted molar refractivity (Wildman–Crippen MR) is 46.3 cm³/mol. The van der Waals surface area contributed by atoms with Gasteiger partial charge in [-0.1, -0.05) is 0 Å². The predicted octanol–water partition coefficient (Wildman–Crippen LogP) is 2.16. The van der Waals surface area contributed by atoms with Crippen LogP contribution in [0.1, 0.15) is 26.2 Å². The Morgan fingerprint density at radius 1 is 1.64 bits per heavy atom. The molecule has 62 valence electrons. The Labute approximate surface area is 71.9 Å². The van der Waals surface area contributed by atoms with Gasteiger partial charge in [0.15, 0.2) is 0 Å². The molecule has 11 heavy (non-hydrogen) atoms. The highest BCUT2D eigenvalue weighted by molar-refractivity contribution is 8.03. The Hall–Kier alpha value is -0.200. The second kappa shape index (κ2) is 4.63. The Kier molecular flexibility index (Phi) is 3.74. The zero-order valence-electron chi connectivity index (χ0n) is 6.75. The molecule has 2 nitrogen and oxygen atoms in total. The zero-order valence-corrected chi connectivity index (χ0v) is 7.56. The van der Waals surface area contributed by atoms with E-state index in [4.69, 9.17) is 10.00 Å². The third kappa shape index (κ3) is 3.13. The summed E-state index contributed by atoms with van der Waals surface area (Å²) in [6, 6.07) is 0. The van der Waals surface area contributed by atoms with Gasteiger partial charge in [-0.2, -0.15) is 5.26 Å². The molecule has 0 N–H and O–H groups in total. The molecule has 0 saturated carbocycles. The van der Waals surface area contributed by atoms with Crippen molar-refractivity contribution in [1.29, 1.82) is 5.26 Å². The van der Waals surface area contributed by atoms with Crippen molar-refractivity contribution < 1.29 is 4.74 Å². The first kappa shape index (κ1) is 8.89. The fourth-order valence-corrected chi connectivity index (χ4v) is 1.86. The smallest absolute Gasteiger partial charge is 0.133 e. The van der Waals surface area contributed by atoms with Crippen LogP contribution in [-0.2, 0) is 4.74 Å². The van der Waals surface area contributed by atoms with Crippen molar-refractivity contribution in [2.45, 2.75) is 38.4 Å². The summed E-state index contributed by atoms with van der Waals surface area (Å²) in [6.45, 7) is 2.10. The second-order valence-corrected chi connectivity index (χ2v) is 3.71. The first-order valence-corrected chi connectivity index (χ1v) is 4.98. The average Bonchev–Trinajstić information content (AvgIpc) is 2.01. The van der Waals surface area contributed by atoms with Crippen molar-refractivity contribution in [3.05, 3.63) is 0 Å². The summed E-state index contributed by atoms with van der Waals surface area (Å²) >= 11 is 1.30. The molecule has 1 saturated heterocycles. The van der Waals surface area contributed by atoms with Gasteiger partial charge in [-0.25, -0.2) is 0 Å².